The third-order valence-corrected chi connectivity index (χ3v) is 5.80. The summed E-state index contributed by atoms with van der Waals surface area (Å²) in [6.07, 6.45) is 5.25. The number of rotatable bonds is 10. The number of nitrogens with one attached hydrogen (secondary N) is 3. The molecule has 3 N–H and O–H groups in total. The van der Waals surface area contributed by atoms with E-state index in [4.69, 9.17) is 4.42 Å². The monoisotopic (exact) mass is 454 g/mol. The zero-order valence-electron chi connectivity index (χ0n) is 19.4. The number of likely N-dealkylation sites (tertiary alicyclic amines) is 1. The van der Waals surface area contributed by atoms with Crippen LogP contribution in [0.4, 0.5) is 5.69 Å². The molecule has 8 nitrogen and oxygen atoms in total. The van der Waals surface area contributed by atoms with Crippen molar-refractivity contribution in [3.63, 3.8) is 0 Å². The first-order valence-corrected chi connectivity index (χ1v) is 11.7. The Morgan fingerprint density at radius 3 is 2.76 bits per heavy atom. The van der Waals surface area contributed by atoms with E-state index in [1.165, 1.54) is 0 Å². The zero-order chi connectivity index (χ0) is 23.6. The Balaban J connectivity index is 1.53. The second kappa shape index (κ2) is 12.2. The number of benzene rings is 1. The van der Waals surface area contributed by atoms with E-state index in [0.717, 1.165) is 32.2 Å². The number of para-hydroxylation sites is 1. The molecule has 1 aliphatic rings. The summed E-state index contributed by atoms with van der Waals surface area (Å²) >= 11 is 0. The number of hydrogen-bond acceptors (Lipinski definition) is 5. The standard InChI is InChI=1S/C25H34N4O4/c1-3-8-18(2)27-24(31)19-9-6-13-29(16-19)17-23(30)28-22-12-5-4-11-21(22)25(32)26-15-20-10-7-14-33-20/h4-5,7,10-12,14,18-19H,3,6,8-9,13,15-17H2,1-2H3,(H,26,32)(H,27,31)(H,28,30). The minimum absolute atomic E-state index is 0.0691. The molecule has 0 radical (unpaired) electrons. The Bertz CT molecular complexity index is 928. The highest BCUT2D eigenvalue weighted by Crippen LogP contribution is 2.19. The molecule has 1 fully saturated rings. The maximum Gasteiger partial charge on any atom is 0.253 e. The van der Waals surface area contributed by atoms with Gasteiger partial charge in [0.05, 0.1) is 36.5 Å². The van der Waals surface area contributed by atoms with Gasteiger partial charge in [-0.2, -0.15) is 0 Å². The zero-order valence-corrected chi connectivity index (χ0v) is 19.4. The normalized spacial score (nSPS) is 17.2. The lowest BCUT2D eigenvalue weighted by atomic mass is 9.96. The first kappa shape index (κ1) is 24.5. The lowest BCUT2D eigenvalue weighted by Crippen LogP contribution is -2.47. The molecule has 2 aromatic rings. The Kier molecular flexibility index (Phi) is 9.06. The number of amides is 3. The number of carbonyl (C=O) groups is 3. The van der Waals surface area contributed by atoms with Crippen LogP contribution in [-0.4, -0.2) is 48.3 Å². The van der Waals surface area contributed by atoms with Gasteiger partial charge in [0, 0.05) is 12.6 Å². The van der Waals surface area contributed by atoms with Crippen molar-refractivity contribution in [3.8, 4) is 0 Å². The molecule has 1 aromatic carbocycles. The van der Waals surface area contributed by atoms with Gasteiger partial charge in [-0.15, -0.1) is 0 Å². The first-order valence-electron chi connectivity index (χ1n) is 11.7. The molecule has 2 heterocycles. The molecular weight excluding hydrogens is 420 g/mol. The molecule has 1 aliphatic heterocycles. The highest BCUT2D eigenvalue weighted by atomic mass is 16.3. The molecule has 2 atom stereocenters. The topological polar surface area (TPSA) is 104 Å². The number of piperidine rings is 1. The summed E-state index contributed by atoms with van der Waals surface area (Å²) in [4.78, 5) is 40.0. The highest BCUT2D eigenvalue weighted by Gasteiger charge is 2.27. The van der Waals surface area contributed by atoms with Crippen LogP contribution in [0.3, 0.4) is 0 Å². The van der Waals surface area contributed by atoms with Gasteiger partial charge < -0.3 is 20.4 Å². The lowest BCUT2D eigenvalue weighted by molar-refractivity contribution is -0.128. The van der Waals surface area contributed by atoms with Crippen molar-refractivity contribution in [2.75, 3.05) is 25.0 Å². The Hall–Kier alpha value is -3.13. The molecule has 0 saturated carbocycles. The van der Waals surface area contributed by atoms with Gasteiger partial charge in [-0.3, -0.25) is 19.3 Å². The highest BCUT2D eigenvalue weighted by molar-refractivity contribution is 6.04. The summed E-state index contributed by atoms with van der Waals surface area (Å²) in [5, 5.41) is 8.75. The third-order valence-electron chi connectivity index (χ3n) is 5.80. The van der Waals surface area contributed by atoms with E-state index < -0.39 is 0 Å². The van der Waals surface area contributed by atoms with Crippen molar-refractivity contribution in [2.24, 2.45) is 5.92 Å². The van der Waals surface area contributed by atoms with E-state index in [1.54, 1.807) is 42.7 Å². The molecule has 1 aromatic heterocycles. The average Bonchev–Trinajstić information content (AvgIpc) is 3.32. The molecule has 178 valence electrons. The van der Waals surface area contributed by atoms with Crippen LogP contribution in [0.5, 0.6) is 0 Å². The number of furan rings is 1. The van der Waals surface area contributed by atoms with Crippen LogP contribution in [0.2, 0.25) is 0 Å². The molecule has 0 bridgehead atoms. The minimum Gasteiger partial charge on any atom is -0.467 e. The van der Waals surface area contributed by atoms with E-state index in [2.05, 4.69) is 22.9 Å². The van der Waals surface area contributed by atoms with E-state index in [0.29, 0.717) is 23.6 Å². The predicted molar refractivity (Wildman–Crippen MR) is 127 cm³/mol. The molecule has 3 amide bonds. The van der Waals surface area contributed by atoms with Crippen molar-refractivity contribution < 1.29 is 18.8 Å². The summed E-state index contributed by atoms with van der Waals surface area (Å²) in [6, 6.07) is 10.6. The van der Waals surface area contributed by atoms with Gasteiger partial charge >= 0.3 is 0 Å². The van der Waals surface area contributed by atoms with E-state index in [-0.39, 0.29) is 42.8 Å². The molecule has 0 aliphatic carbocycles. The number of hydrogen-bond donors (Lipinski definition) is 3. The molecule has 8 heteroatoms. The van der Waals surface area contributed by atoms with Gasteiger partial charge in [0.2, 0.25) is 11.8 Å². The van der Waals surface area contributed by atoms with Gasteiger partial charge in [-0.05, 0) is 57.0 Å². The van der Waals surface area contributed by atoms with Gasteiger partial charge in [0.25, 0.3) is 5.91 Å². The molecule has 1 saturated heterocycles. The molecule has 0 spiro atoms. The molecule has 3 rings (SSSR count). The van der Waals surface area contributed by atoms with Crippen LogP contribution in [0.25, 0.3) is 0 Å². The van der Waals surface area contributed by atoms with Crippen LogP contribution in [0, 0.1) is 5.92 Å². The SMILES string of the molecule is CCCC(C)NC(=O)C1CCCN(CC(=O)Nc2ccccc2C(=O)NCc2ccco2)C1. The summed E-state index contributed by atoms with van der Waals surface area (Å²) < 4.78 is 5.24. The summed E-state index contributed by atoms with van der Waals surface area (Å²) in [6.45, 7) is 5.90. The Morgan fingerprint density at radius 2 is 2.00 bits per heavy atom. The fourth-order valence-electron chi connectivity index (χ4n) is 4.14. The van der Waals surface area contributed by atoms with E-state index in [1.807, 2.05) is 11.8 Å². The number of nitrogens with zero attached hydrogens (tertiary/aromatic N) is 1. The largest absolute Gasteiger partial charge is 0.467 e. The summed E-state index contributed by atoms with van der Waals surface area (Å²) in [5.41, 5.74) is 0.845. The van der Waals surface area contributed by atoms with Crippen LogP contribution >= 0.6 is 0 Å². The molecule has 33 heavy (non-hydrogen) atoms. The minimum atomic E-state index is -0.293. The van der Waals surface area contributed by atoms with Crippen LogP contribution in [-0.2, 0) is 16.1 Å². The second-order valence-electron chi connectivity index (χ2n) is 8.63. The number of carbonyl (C=O) groups excluding carboxylic acids is 3. The predicted octanol–water partition coefficient (Wildman–Crippen LogP) is 3.16. The Morgan fingerprint density at radius 1 is 1.18 bits per heavy atom. The lowest BCUT2D eigenvalue weighted by Gasteiger charge is -2.32. The van der Waals surface area contributed by atoms with Crippen molar-refractivity contribution in [1.29, 1.82) is 0 Å². The fourth-order valence-corrected chi connectivity index (χ4v) is 4.14. The van der Waals surface area contributed by atoms with Crippen molar-refractivity contribution in [2.45, 2.75) is 52.1 Å². The summed E-state index contributed by atoms with van der Waals surface area (Å²) in [5.74, 6) is 0.114. The van der Waals surface area contributed by atoms with Gasteiger partial charge in [-0.1, -0.05) is 25.5 Å². The third kappa shape index (κ3) is 7.46. The van der Waals surface area contributed by atoms with Gasteiger partial charge in [-0.25, -0.2) is 0 Å². The van der Waals surface area contributed by atoms with Gasteiger partial charge in [0.15, 0.2) is 0 Å². The molecule has 2 unspecified atom stereocenters. The summed E-state index contributed by atoms with van der Waals surface area (Å²) in [7, 11) is 0. The van der Waals surface area contributed by atoms with Crippen LogP contribution in [0.15, 0.2) is 47.1 Å². The van der Waals surface area contributed by atoms with E-state index >= 15 is 0 Å². The fraction of sp³-hybridized carbons (Fsp3) is 0.480. The average molecular weight is 455 g/mol. The number of anilines is 1. The quantitative estimate of drug-likeness (QED) is 0.512. The van der Waals surface area contributed by atoms with Gasteiger partial charge in [0.1, 0.15) is 5.76 Å². The van der Waals surface area contributed by atoms with E-state index in [9.17, 15) is 14.4 Å². The maximum atomic E-state index is 12.7. The Labute approximate surface area is 195 Å². The van der Waals surface area contributed by atoms with Crippen LogP contribution in [0.1, 0.15) is 55.6 Å². The molecular formula is C25H34N4O4. The first-order chi connectivity index (χ1) is 16.0. The maximum absolute atomic E-state index is 12.7. The van der Waals surface area contributed by atoms with Crippen molar-refractivity contribution in [3.05, 3.63) is 54.0 Å². The van der Waals surface area contributed by atoms with Crippen molar-refractivity contribution >= 4 is 23.4 Å². The smallest absolute Gasteiger partial charge is 0.253 e. The second-order valence-corrected chi connectivity index (χ2v) is 8.63. The van der Waals surface area contributed by atoms with Crippen LogP contribution < -0.4 is 16.0 Å². The van der Waals surface area contributed by atoms with Crippen molar-refractivity contribution in [1.82, 2.24) is 15.5 Å².